The van der Waals surface area contributed by atoms with Crippen LogP contribution in [0.15, 0.2) is 12.2 Å². The van der Waals surface area contributed by atoms with Gasteiger partial charge in [-0.1, -0.05) is 123 Å². The molecule has 0 bridgehead atoms. The van der Waals surface area contributed by atoms with E-state index >= 15 is 0 Å². The average Bonchev–Trinajstić information content (AvgIpc) is 2.65. The van der Waals surface area contributed by atoms with Gasteiger partial charge in [-0.05, 0) is 43.9 Å². The van der Waals surface area contributed by atoms with E-state index in [0.29, 0.717) is 0 Å². The zero-order valence-electron chi connectivity index (χ0n) is 18.5. The zero-order valence-corrected chi connectivity index (χ0v) is 18.5. The van der Waals surface area contributed by atoms with E-state index in [0.717, 1.165) is 24.7 Å². The number of unbranched alkanes of at least 4 members (excludes halogenated alkanes) is 11. The number of allylic oxidation sites excluding steroid dienone is 2. The van der Waals surface area contributed by atoms with Crippen LogP contribution in [0.3, 0.4) is 0 Å². The molecule has 0 aromatic rings. The van der Waals surface area contributed by atoms with Crippen LogP contribution < -0.4 is 0 Å². The van der Waals surface area contributed by atoms with Gasteiger partial charge in [-0.25, -0.2) is 0 Å². The maximum absolute atomic E-state index is 3.95. The fourth-order valence-corrected chi connectivity index (χ4v) is 3.93. The van der Waals surface area contributed by atoms with Gasteiger partial charge in [-0.15, -0.1) is 0 Å². The fourth-order valence-electron chi connectivity index (χ4n) is 3.93. The van der Waals surface area contributed by atoms with E-state index in [1.807, 2.05) is 0 Å². The Bertz CT molecular complexity index is 278. The molecule has 0 aliphatic heterocycles. The van der Waals surface area contributed by atoms with Crippen LogP contribution in [0, 0.1) is 25.7 Å². The zero-order chi connectivity index (χ0) is 19.3. The quantitative estimate of drug-likeness (QED) is 0.149. The third kappa shape index (κ3) is 18.5. The molecule has 0 heterocycles. The number of hydrogen-bond donors (Lipinski definition) is 0. The van der Waals surface area contributed by atoms with Crippen molar-refractivity contribution in [2.75, 3.05) is 0 Å². The lowest BCUT2D eigenvalue weighted by molar-refractivity contribution is 0.334. The molecule has 0 aromatic heterocycles. The lowest BCUT2D eigenvalue weighted by Crippen LogP contribution is -2.06. The van der Waals surface area contributed by atoms with Crippen LogP contribution in [-0.2, 0) is 0 Å². The van der Waals surface area contributed by atoms with Gasteiger partial charge in [0, 0.05) is 0 Å². The summed E-state index contributed by atoms with van der Waals surface area (Å²) in [6.07, 6.45) is 29.1. The van der Waals surface area contributed by atoms with Crippen LogP contribution in [0.2, 0.25) is 0 Å². The highest BCUT2D eigenvalue weighted by molar-refractivity contribution is 4.81. The second kappa shape index (κ2) is 21.0. The summed E-state index contributed by atoms with van der Waals surface area (Å²) in [6.45, 7) is 12.7. The first-order chi connectivity index (χ1) is 12.7. The van der Waals surface area contributed by atoms with Gasteiger partial charge in [0.25, 0.3) is 0 Å². The Morgan fingerprint density at radius 1 is 0.654 bits per heavy atom. The van der Waals surface area contributed by atoms with Gasteiger partial charge in [0.2, 0.25) is 0 Å². The minimum Gasteiger partial charge on any atom is -0.0885 e. The van der Waals surface area contributed by atoms with E-state index in [9.17, 15) is 0 Å². The molecule has 2 unspecified atom stereocenters. The standard InChI is InChI=1S/C26H50/c1-5-8-10-12-13-14-15-16-17-18-19-20-22-25(4)24-26(7-3)23-21-11-9-6-2/h17-18,25-26H,1-2,5-16,19-24H2,3-4H3. The molecular formula is C26H50. The van der Waals surface area contributed by atoms with E-state index in [-0.39, 0.29) is 0 Å². The Labute approximate surface area is 167 Å². The molecule has 0 saturated heterocycles. The van der Waals surface area contributed by atoms with Crippen molar-refractivity contribution >= 4 is 0 Å². The molecule has 2 atom stereocenters. The fraction of sp³-hybridized carbons (Fsp3) is 0.846. The van der Waals surface area contributed by atoms with Crippen molar-refractivity contribution in [1.29, 1.82) is 0 Å². The summed E-state index contributed by atoms with van der Waals surface area (Å²) in [5.74, 6) is 1.86. The minimum atomic E-state index is 0.902. The highest BCUT2D eigenvalue weighted by atomic mass is 14.2. The molecule has 2 radical (unpaired) electrons. The van der Waals surface area contributed by atoms with Crippen LogP contribution in [0.1, 0.15) is 129 Å². The Morgan fingerprint density at radius 3 is 1.81 bits per heavy atom. The van der Waals surface area contributed by atoms with Crippen LogP contribution in [0.25, 0.3) is 0 Å². The predicted octanol–water partition coefficient (Wildman–Crippen LogP) is 9.50. The number of rotatable bonds is 20. The summed E-state index contributed by atoms with van der Waals surface area (Å²) in [4.78, 5) is 0. The van der Waals surface area contributed by atoms with Gasteiger partial charge in [0.15, 0.2) is 0 Å². The third-order valence-corrected chi connectivity index (χ3v) is 5.78. The molecule has 0 heteroatoms. The first kappa shape index (κ1) is 25.7. The van der Waals surface area contributed by atoms with Crippen molar-refractivity contribution in [2.45, 2.75) is 129 Å². The first-order valence-electron chi connectivity index (χ1n) is 12.0. The van der Waals surface area contributed by atoms with E-state index in [4.69, 9.17) is 0 Å². The van der Waals surface area contributed by atoms with Crippen molar-refractivity contribution in [3.05, 3.63) is 26.0 Å². The second-order valence-corrected chi connectivity index (χ2v) is 8.48. The second-order valence-electron chi connectivity index (χ2n) is 8.48. The summed E-state index contributed by atoms with van der Waals surface area (Å²) < 4.78 is 0. The number of hydrogen-bond acceptors (Lipinski definition) is 0. The van der Waals surface area contributed by atoms with E-state index in [2.05, 4.69) is 39.8 Å². The van der Waals surface area contributed by atoms with Gasteiger partial charge >= 0.3 is 0 Å². The summed E-state index contributed by atoms with van der Waals surface area (Å²) >= 11 is 0. The summed E-state index contributed by atoms with van der Waals surface area (Å²) in [7, 11) is 0. The van der Waals surface area contributed by atoms with Crippen LogP contribution in [0.5, 0.6) is 0 Å². The molecule has 0 aromatic carbocycles. The van der Waals surface area contributed by atoms with E-state index < -0.39 is 0 Å². The van der Waals surface area contributed by atoms with Crippen LogP contribution in [-0.4, -0.2) is 0 Å². The van der Waals surface area contributed by atoms with Gasteiger partial charge in [-0.3, -0.25) is 0 Å². The normalized spacial score (nSPS) is 14.2. The average molecular weight is 363 g/mol. The topological polar surface area (TPSA) is 0 Å². The van der Waals surface area contributed by atoms with Crippen molar-refractivity contribution in [3.63, 3.8) is 0 Å². The maximum Gasteiger partial charge on any atom is -0.0351 e. The van der Waals surface area contributed by atoms with Gasteiger partial charge < -0.3 is 0 Å². The van der Waals surface area contributed by atoms with Crippen molar-refractivity contribution in [1.82, 2.24) is 0 Å². The highest BCUT2D eigenvalue weighted by Gasteiger charge is 2.11. The first-order valence-corrected chi connectivity index (χ1v) is 12.0. The molecule has 26 heavy (non-hydrogen) atoms. The van der Waals surface area contributed by atoms with Gasteiger partial charge in [0.1, 0.15) is 0 Å². The maximum atomic E-state index is 3.95. The molecule has 154 valence electrons. The molecule has 0 fully saturated rings. The Kier molecular flexibility index (Phi) is 20.8. The van der Waals surface area contributed by atoms with E-state index in [1.54, 1.807) is 0 Å². The smallest absolute Gasteiger partial charge is 0.0351 e. The van der Waals surface area contributed by atoms with Gasteiger partial charge in [0.05, 0.1) is 0 Å². The molecule has 0 saturated carbocycles. The third-order valence-electron chi connectivity index (χ3n) is 5.78. The van der Waals surface area contributed by atoms with Crippen molar-refractivity contribution in [2.24, 2.45) is 11.8 Å². The Hall–Kier alpha value is -0.260. The van der Waals surface area contributed by atoms with Crippen LogP contribution >= 0.6 is 0 Å². The monoisotopic (exact) mass is 362 g/mol. The Balaban J connectivity index is 3.49. The molecule has 0 aliphatic carbocycles. The molecule has 0 aliphatic rings. The molecule has 0 amide bonds. The molecular weight excluding hydrogens is 312 g/mol. The summed E-state index contributed by atoms with van der Waals surface area (Å²) in [6, 6.07) is 0. The summed E-state index contributed by atoms with van der Waals surface area (Å²) in [5.41, 5.74) is 0. The minimum absolute atomic E-state index is 0.902. The molecule has 0 spiro atoms. The summed E-state index contributed by atoms with van der Waals surface area (Å²) in [5, 5.41) is 0. The van der Waals surface area contributed by atoms with Crippen molar-refractivity contribution in [3.8, 4) is 0 Å². The lowest BCUT2D eigenvalue weighted by Gasteiger charge is -2.19. The molecule has 0 rings (SSSR count). The molecule has 0 N–H and O–H groups in total. The predicted molar refractivity (Wildman–Crippen MR) is 121 cm³/mol. The molecule has 0 nitrogen and oxygen atoms in total. The Morgan fingerprint density at radius 2 is 1.19 bits per heavy atom. The van der Waals surface area contributed by atoms with Crippen LogP contribution in [0.4, 0.5) is 0 Å². The van der Waals surface area contributed by atoms with Gasteiger partial charge in [-0.2, -0.15) is 0 Å². The lowest BCUT2D eigenvalue weighted by atomic mass is 9.87. The highest BCUT2D eigenvalue weighted by Crippen LogP contribution is 2.25. The largest absolute Gasteiger partial charge is 0.0885 e. The van der Waals surface area contributed by atoms with Crippen molar-refractivity contribution < 1.29 is 0 Å². The SMILES string of the molecule is [CH2]CCCCCCCCC=CCCCC(C)CC(CC)CCCCC[CH2]. The van der Waals surface area contributed by atoms with E-state index in [1.165, 1.54) is 103 Å².